The molecule has 1 aromatic carbocycles. The number of hydrogen-bond acceptors (Lipinski definition) is 4. The molecule has 0 radical (unpaired) electrons. The van der Waals surface area contributed by atoms with Crippen LogP contribution in [0, 0.1) is 0 Å². The maximum absolute atomic E-state index is 12.4. The molecule has 8 nitrogen and oxygen atoms in total. The van der Waals surface area contributed by atoms with Gasteiger partial charge in [-0.25, -0.2) is 4.79 Å². The van der Waals surface area contributed by atoms with Crippen molar-refractivity contribution in [3.8, 4) is 17.0 Å². The largest absolute Gasteiger partial charge is 0.507 e. The lowest BCUT2D eigenvalue weighted by Gasteiger charge is -2.25. The van der Waals surface area contributed by atoms with Gasteiger partial charge in [0.15, 0.2) is 0 Å². The van der Waals surface area contributed by atoms with Crippen molar-refractivity contribution in [2.45, 2.75) is 32.1 Å². The SMILES string of the molecule is CCNC(=O)n1nc(-c2ccc(NC(=O)c3cccn3C)cc2O)cc1C1CCC1. The molecule has 2 amide bonds. The number of aromatic nitrogens is 3. The third-order valence-electron chi connectivity index (χ3n) is 5.49. The van der Waals surface area contributed by atoms with Crippen LogP contribution in [-0.4, -0.2) is 37.9 Å². The summed E-state index contributed by atoms with van der Waals surface area (Å²) in [5.74, 6) is 0.0303. The second-order valence-corrected chi connectivity index (χ2v) is 7.52. The van der Waals surface area contributed by atoms with Gasteiger partial charge in [-0.1, -0.05) is 6.42 Å². The second-order valence-electron chi connectivity index (χ2n) is 7.52. The van der Waals surface area contributed by atoms with Gasteiger partial charge in [0.2, 0.25) is 0 Å². The molecule has 3 N–H and O–H groups in total. The van der Waals surface area contributed by atoms with Crippen molar-refractivity contribution in [1.82, 2.24) is 19.7 Å². The third-order valence-corrected chi connectivity index (χ3v) is 5.49. The Hall–Kier alpha value is -3.55. The number of phenolic OH excluding ortho intramolecular Hbond substituents is 1. The molecule has 0 saturated heterocycles. The van der Waals surface area contributed by atoms with Crippen LogP contribution in [0.5, 0.6) is 5.75 Å². The van der Waals surface area contributed by atoms with Crippen molar-refractivity contribution in [2.24, 2.45) is 7.05 Å². The smallest absolute Gasteiger partial charge is 0.342 e. The Bertz CT molecular complexity index is 1090. The molecule has 1 fully saturated rings. The van der Waals surface area contributed by atoms with Crippen molar-refractivity contribution in [3.63, 3.8) is 0 Å². The summed E-state index contributed by atoms with van der Waals surface area (Å²) in [7, 11) is 1.79. The van der Waals surface area contributed by atoms with Gasteiger partial charge in [0.1, 0.15) is 11.4 Å². The van der Waals surface area contributed by atoms with Gasteiger partial charge in [-0.15, -0.1) is 0 Å². The first-order chi connectivity index (χ1) is 14.5. The summed E-state index contributed by atoms with van der Waals surface area (Å²) in [6.07, 6.45) is 4.99. The van der Waals surface area contributed by atoms with Crippen LogP contribution < -0.4 is 10.6 Å². The highest BCUT2D eigenvalue weighted by Crippen LogP contribution is 2.39. The van der Waals surface area contributed by atoms with Crippen molar-refractivity contribution in [1.29, 1.82) is 0 Å². The van der Waals surface area contributed by atoms with Crippen LogP contribution in [0.4, 0.5) is 10.5 Å². The van der Waals surface area contributed by atoms with E-state index in [2.05, 4.69) is 15.7 Å². The standard InChI is InChI=1S/C22H25N5O3/c1-3-23-22(30)27-19(14-6-4-7-14)13-17(25-27)16-10-9-15(12-20(16)28)24-21(29)18-8-5-11-26(18)2/h5,8-14,28H,3-4,6-7H2,1-2H3,(H,23,30)(H,24,29). The first kappa shape index (κ1) is 19.8. The molecule has 2 aromatic heterocycles. The lowest BCUT2D eigenvalue weighted by molar-refractivity contribution is 0.101. The quantitative estimate of drug-likeness (QED) is 0.600. The van der Waals surface area contributed by atoms with Gasteiger partial charge in [-0.05, 0) is 50.1 Å². The molecule has 3 aromatic rings. The Morgan fingerprint density at radius 2 is 2.03 bits per heavy atom. The number of phenols is 1. The molecule has 2 heterocycles. The molecule has 4 rings (SSSR count). The summed E-state index contributed by atoms with van der Waals surface area (Å²) in [4.78, 5) is 24.8. The molecule has 156 valence electrons. The number of amides is 2. The van der Waals surface area contributed by atoms with Crippen molar-refractivity contribution in [2.75, 3.05) is 11.9 Å². The number of carbonyl (C=O) groups is 2. The maximum Gasteiger partial charge on any atom is 0.342 e. The Morgan fingerprint density at radius 3 is 2.63 bits per heavy atom. The number of hydrogen-bond donors (Lipinski definition) is 3. The zero-order valence-corrected chi connectivity index (χ0v) is 17.1. The molecule has 8 heteroatoms. The number of aryl methyl sites for hydroxylation is 1. The minimum Gasteiger partial charge on any atom is -0.507 e. The Morgan fingerprint density at radius 1 is 1.23 bits per heavy atom. The number of benzene rings is 1. The summed E-state index contributed by atoms with van der Waals surface area (Å²) in [6, 6.07) is 10.0. The fraction of sp³-hybridized carbons (Fsp3) is 0.318. The van der Waals surface area contributed by atoms with Crippen molar-refractivity contribution in [3.05, 3.63) is 54.0 Å². The molecule has 0 spiro atoms. The molecule has 0 bridgehead atoms. The Balaban J connectivity index is 1.60. The van der Waals surface area contributed by atoms with E-state index in [0.717, 1.165) is 25.0 Å². The molecule has 0 aliphatic heterocycles. The van der Waals surface area contributed by atoms with Crippen LogP contribution in [0.1, 0.15) is 48.3 Å². The Labute approximate surface area is 174 Å². The van der Waals surface area contributed by atoms with Gasteiger partial charge >= 0.3 is 6.03 Å². The van der Waals surface area contributed by atoms with Gasteiger partial charge in [-0.2, -0.15) is 9.78 Å². The van der Waals surface area contributed by atoms with E-state index in [4.69, 9.17) is 0 Å². The van der Waals surface area contributed by atoms with Crippen molar-refractivity contribution < 1.29 is 14.7 Å². The lowest BCUT2D eigenvalue weighted by Crippen LogP contribution is -2.31. The van der Waals surface area contributed by atoms with Crippen LogP contribution in [0.15, 0.2) is 42.6 Å². The summed E-state index contributed by atoms with van der Waals surface area (Å²) < 4.78 is 3.13. The molecule has 0 atom stereocenters. The van der Waals surface area contributed by atoms with Crippen LogP contribution in [0.25, 0.3) is 11.3 Å². The van der Waals surface area contributed by atoms with Crippen LogP contribution in [0.3, 0.4) is 0 Å². The van der Waals surface area contributed by atoms with E-state index in [-0.39, 0.29) is 17.7 Å². The lowest BCUT2D eigenvalue weighted by atomic mass is 9.82. The maximum atomic E-state index is 12.4. The minimum atomic E-state index is -0.267. The second kappa shape index (κ2) is 8.06. The molecule has 0 unspecified atom stereocenters. The number of rotatable bonds is 5. The fourth-order valence-electron chi connectivity index (χ4n) is 3.63. The zero-order valence-electron chi connectivity index (χ0n) is 17.1. The highest BCUT2D eigenvalue weighted by molar-refractivity contribution is 6.03. The molecule has 30 heavy (non-hydrogen) atoms. The highest BCUT2D eigenvalue weighted by atomic mass is 16.3. The molecule has 1 saturated carbocycles. The summed E-state index contributed by atoms with van der Waals surface area (Å²) in [5.41, 5.74) is 2.90. The summed E-state index contributed by atoms with van der Waals surface area (Å²) >= 11 is 0. The number of aromatic hydroxyl groups is 1. The number of anilines is 1. The molecule has 1 aliphatic carbocycles. The van der Waals surface area contributed by atoms with E-state index < -0.39 is 0 Å². The first-order valence-electron chi connectivity index (χ1n) is 10.1. The van der Waals surface area contributed by atoms with E-state index >= 15 is 0 Å². The average Bonchev–Trinajstić information content (AvgIpc) is 3.27. The molecular formula is C22H25N5O3. The summed E-state index contributed by atoms with van der Waals surface area (Å²) in [5, 5.41) is 20.6. The van der Waals surface area contributed by atoms with E-state index in [1.54, 1.807) is 42.1 Å². The monoisotopic (exact) mass is 407 g/mol. The number of nitrogens with zero attached hydrogens (tertiary/aromatic N) is 3. The van der Waals surface area contributed by atoms with E-state index in [9.17, 15) is 14.7 Å². The fourth-order valence-corrected chi connectivity index (χ4v) is 3.63. The van der Waals surface area contributed by atoms with Gasteiger partial charge in [0, 0.05) is 43.0 Å². The minimum absolute atomic E-state index is 0.0135. The van der Waals surface area contributed by atoms with E-state index in [0.29, 0.717) is 35.1 Å². The predicted octanol–water partition coefficient (Wildman–Crippen LogP) is 3.69. The first-order valence-corrected chi connectivity index (χ1v) is 10.1. The van der Waals surface area contributed by atoms with E-state index in [1.165, 1.54) is 10.7 Å². The van der Waals surface area contributed by atoms with E-state index in [1.807, 2.05) is 13.0 Å². The average molecular weight is 407 g/mol. The predicted molar refractivity (Wildman–Crippen MR) is 114 cm³/mol. The van der Waals surface area contributed by atoms with Gasteiger partial charge < -0.3 is 20.3 Å². The van der Waals surface area contributed by atoms with Gasteiger partial charge in [-0.3, -0.25) is 4.79 Å². The highest BCUT2D eigenvalue weighted by Gasteiger charge is 2.27. The van der Waals surface area contributed by atoms with Gasteiger partial charge in [0.25, 0.3) is 5.91 Å². The zero-order chi connectivity index (χ0) is 21.3. The third kappa shape index (κ3) is 3.68. The molecule has 1 aliphatic rings. The normalized spacial score (nSPS) is 13.7. The number of carbonyl (C=O) groups excluding carboxylic acids is 2. The van der Waals surface area contributed by atoms with Crippen LogP contribution in [-0.2, 0) is 7.05 Å². The number of nitrogens with one attached hydrogen (secondary N) is 2. The molecular weight excluding hydrogens is 382 g/mol. The van der Waals surface area contributed by atoms with Crippen LogP contribution >= 0.6 is 0 Å². The van der Waals surface area contributed by atoms with Gasteiger partial charge in [0.05, 0.1) is 11.4 Å². The Kier molecular flexibility index (Phi) is 5.31. The van der Waals surface area contributed by atoms with Crippen molar-refractivity contribution >= 4 is 17.6 Å². The summed E-state index contributed by atoms with van der Waals surface area (Å²) in [6.45, 7) is 2.37. The topological polar surface area (TPSA) is 101 Å². The van der Waals surface area contributed by atoms with Crippen LogP contribution in [0.2, 0.25) is 0 Å².